The monoisotopic (exact) mass is 831 g/mol. The second-order valence-electron chi connectivity index (χ2n) is 14.9. The summed E-state index contributed by atoms with van der Waals surface area (Å²) in [5, 5.41) is -0.422. The number of anilines is 1. The van der Waals surface area contributed by atoms with Crippen LogP contribution in [-0.4, -0.2) is 82.4 Å². The molecule has 2 aliphatic heterocycles. The molecule has 5 aromatic carbocycles. The lowest BCUT2D eigenvalue weighted by Crippen LogP contribution is -2.63. The van der Waals surface area contributed by atoms with Crippen molar-refractivity contribution in [3.63, 3.8) is 0 Å². The van der Waals surface area contributed by atoms with Gasteiger partial charge in [-0.3, -0.25) is 14.8 Å². The van der Waals surface area contributed by atoms with E-state index in [2.05, 4.69) is 21.9 Å². The van der Waals surface area contributed by atoms with Crippen LogP contribution in [0.4, 0.5) is 11.5 Å². The third-order valence-electron chi connectivity index (χ3n) is 11.5. The molecule has 6 aromatic rings. The first kappa shape index (κ1) is 39.9. The smallest absolute Gasteiger partial charge is 0.210 e. The van der Waals surface area contributed by atoms with Crippen molar-refractivity contribution in [3.05, 3.63) is 155 Å². The molecule has 8 rings (SSSR count). The molecule has 0 spiro atoms. The van der Waals surface area contributed by atoms with Gasteiger partial charge in [0, 0.05) is 73.6 Å². The van der Waals surface area contributed by atoms with E-state index in [0.717, 1.165) is 12.1 Å². The Labute approximate surface area is 346 Å². The molecule has 2 aliphatic rings. The number of aromatic nitrogens is 1. The molecule has 12 heteroatoms. The van der Waals surface area contributed by atoms with Crippen LogP contribution in [0.3, 0.4) is 0 Å². The van der Waals surface area contributed by atoms with Crippen LogP contribution in [0.5, 0.6) is 0 Å². The molecule has 1 aromatic heterocycles. The fourth-order valence-electron chi connectivity index (χ4n) is 8.67. The van der Waals surface area contributed by atoms with Crippen molar-refractivity contribution in [1.29, 1.82) is 0 Å². The number of para-hydroxylation sites is 2. The lowest BCUT2D eigenvalue weighted by Gasteiger charge is -2.53. The maximum Gasteiger partial charge on any atom is 0.210 e. The molecule has 58 heavy (non-hydrogen) atoms. The Morgan fingerprint density at radius 1 is 0.741 bits per heavy atom. The first-order chi connectivity index (χ1) is 28.0. The summed E-state index contributed by atoms with van der Waals surface area (Å²) in [4.78, 5) is 16.7. The molecule has 0 aliphatic carbocycles. The first-order valence-corrected chi connectivity index (χ1v) is 23.0. The zero-order chi connectivity index (χ0) is 40.7. The second-order valence-corrected chi connectivity index (χ2v) is 19.3. The number of sulfone groups is 2. The van der Waals surface area contributed by atoms with E-state index in [1.807, 2.05) is 92.4 Å². The van der Waals surface area contributed by atoms with Crippen molar-refractivity contribution in [1.82, 2.24) is 14.8 Å². The van der Waals surface area contributed by atoms with Crippen molar-refractivity contribution >= 4 is 59.9 Å². The third kappa shape index (κ3) is 6.92. The van der Waals surface area contributed by atoms with Crippen molar-refractivity contribution in [2.75, 3.05) is 44.2 Å². The molecular weight excluding hydrogens is 786 g/mol. The van der Waals surface area contributed by atoms with Crippen LogP contribution in [0.15, 0.2) is 147 Å². The maximum atomic E-state index is 15.8. The molecule has 298 valence electrons. The van der Waals surface area contributed by atoms with E-state index in [4.69, 9.17) is 21.6 Å². The van der Waals surface area contributed by atoms with E-state index in [1.165, 1.54) is 23.9 Å². The molecule has 0 N–H and O–H groups in total. The highest BCUT2D eigenvalue weighted by molar-refractivity contribution is 7.93. The summed E-state index contributed by atoms with van der Waals surface area (Å²) in [6.45, 7) is 9.60. The topological polar surface area (TPSA) is 103 Å². The van der Waals surface area contributed by atoms with Crippen LogP contribution in [0.2, 0.25) is 5.02 Å². The summed E-state index contributed by atoms with van der Waals surface area (Å²) in [6, 6.07) is 38.3. The Morgan fingerprint density at radius 3 is 2.05 bits per heavy atom. The Balaban J connectivity index is 1.51. The van der Waals surface area contributed by atoms with Gasteiger partial charge in [-0.25, -0.2) is 21.8 Å². The van der Waals surface area contributed by atoms with E-state index >= 15 is 16.8 Å². The van der Waals surface area contributed by atoms with E-state index in [0.29, 0.717) is 72.0 Å². The predicted octanol–water partition coefficient (Wildman–Crippen LogP) is 8.50. The fraction of sp³-hybridized carbons (Fsp3) is 0.261. The van der Waals surface area contributed by atoms with Crippen LogP contribution < -0.4 is 4.90 Å². The number of hydrogen-bond donors (Lipinski definition) is 0. The minimum atomic E-state index is -4.39. The third-order valence-corrected chi connectivity index (χ3v) is 15.7. The normalized spacial score (nSPS) is 18.9. The van der Waals surface area contributed by atoms with Crippen molar-refractivity contribution in [2.45, 2.75) is 52.8 Å². The van der Waals surface area contributed by atoms with Gasteiger partial charge in [0.1, 0.15) is 16.0 Å². The average molecular weight is 832 g/mol. The van der Waals surface area contributed by atoms with Gasteiger partial charge in [-0.15, -0.1) is 0 Å². The molecule has 1 saturated heterocycles. The van der Waals surface area contributed by atoms with Crippen LogP contribution in [-0.2, 0) is 31.8 Å². The average Bonchev–Trinajstić information content (AvgIpc) is 3.24. The molecule has 9 nitrogen and oxygen atoms in total. The van der Waals surface area contributed by atoms with Gasteiger partial charge in [-0.2, -0.15) is 0 Å². The minimum Gasteiger partial charge on any atom is -0.356 e. The van der Waals surface area contributed by atoms with E-state index < -0.39 is 30.5 Å². The van der Waals surface area contributed by atoms with E-state index in [9.17, 15) is 0 Å². The largest absolute Gasteiger partial charge is 0.356 e. The summed E-state index contributed by atoms with van der Waals surface area (Å²) < 4.78 is 62.8. The van der Waals surface area contributed by atoms with Gasteiger partial charge in [0.25, 0.3) is 0 Å². The SMILES string of the molecule is CCN(CC)c1nc2ccccc2c(C2(N3CCN(Cc4ccccc4)CC3)c3ccccc3N=CC2S(=O)(=O)c2ccc(Cl)cc2)c1S(=O)(=O)c1ccc(C)cc1. The Bertz CT molecular complexity index is 2700. The molecule has 2 unspecified atom stereocenters. The predicted molar refractivity (Wildman–Crippen MR) is 233 cm³/mol. The summed E-state index contributed by atoms with van der Waals surface area (Å²) in [5.41, 5.74) is 2.59. The minimum absolute atomic E-state index is 0.00752. The zero-order valence-corrected chi connectivity index (χ0v) is 35.2. The van der Waals surface area contributed by atoms with Crippen LogP contribution in [0.1, 0.15) is 36.1 Å². The fourth-order valence-corrected chi connectivity index (χ4v) is 12.3. The van der Waals surface area contributed by atoms with Gasteiger partial charge in [-0.1, -0.05) is 96.0 Å². The van der Waals surface area contributed by atoms with Crippen molar-refractivity contribution in [2.24, 2.45) is 4.99 Å². The van der Waals surface area contributed by atoms with E-state index in [1.54, 1.807) is 36.4 Å². The quantitative estimate of drug-likeness (QED) is 0.128. The summed E-state index contributed by atoms with van der Waals surface area (Å²) in [7, 11) is -8.72. The number of piperazine rings is 1. The highest BCUT2D eigenvalue weighted by Gasteiger charge is 2.58. The first-order valence-electron chi connectivity index (χ1n) is 19.6. The highest BCUT2D eigenvalue weighted by atomic mass is 35.5. The molecule has 0 amide bonds. The van der Waals surface area contributed by atoms with Crippen LogP contribution in [0.25, 0.3) is 10.9 Å². The summed E-state index contributed by atoms with van der Waals surface area (Å²) in [5.74, 6) is 0.281. The summed E-state index contributed by atoms with van der Waals surface area (Å²) >= 11 is 6.33. The number of fused-ring (bicyclic) bond motifs is 2. The molecule has 0 bridgehead atoms. The van der Waals surface area contributed by atoms with Gasteiger partial charge >= 0.3 is 0 Å². The lowest BCUT2D eigenvalue weighted by atomic mass is 9.74. The standard InChI is InChI=1S/C46H46ClN5O4S2/c1-4-51(5-2)45-44(58(55,56)37-23-19-33(3)20-24-37)43(38-15-9-11-17-40(38)49-45)46(52-29-27-50(28-30-52)32-34-13-7-6-8-14-34)39-16-10-12-18-41(39)48-31-42(46)57(53,54)36-25-21-35(47)22-26-36/h6-26,31,42H,4-5,27-30,32H2,1-3H3. The molecule has 1 fully saturated rings. The zero-order valence-electron chi connectivity index (χ0n) is 32.8. The summed E-state index contributed by atoms with van der Waals surface area (Å²) in [6.07, 6.45) is 1.52. The van der Waals surface area contributed by atoms with Gasteiger partial charge in [0.15, 0.2) is 9.84 Å². The lowest BCUT2D eigenvalue weighted by molar-refractivity contribution is 0.0537. The Hall–Kier alpha value is -4.91. The molecule has 0 saturated carbocycles. The number of aliphatic imine (C=N–C) groups is 1. The molecule has 2 atom stereocenters. The Morgan fingerprint density at radius 2 is 1.36 bits per heavy atom. The number of pyridine rings is 1. The molecule has 0 radical (unpaired) electrons. The van der Waals surface area contributed by atoms with E-state index in [-0.39, 0.29) is 20.5 Å². The van der Waals surface area contributed by atoms with Crippen molar-refractivity contribution in [3.8, 4) is 0 Å². The van der Waals surface area contributed by atoms with Crippen molar-refractivity contribution < 1.29 is 16.8 Å². The molecule has 3 heterocycles. The number of halogens is 1. The number of hydrogen-bond acceptors (Lipinski definition) is 9. The molecular formula is C46H46ClN5O4S2. The van der Waals surface area contributed by atoms with Gasteiger partial charge in [0.2, 0.25) is 9.84 Å². The Kier molecular flexibility index (Phi) is 11.0. The van der Waals surface area contributed by atoms with Gasteiger partial charge in [0.05, 0.1) is 26.5 Å². The van der Waals surface area contributed by atoms with Crippen LogP contribution in [0, 0.1) is 6.92 Å². The number of rotatable bonds is 11. The number of benzene rings is 5. The van der Waals surface area contributed by atoms with Crippen LogP contribution >= 0.6 is 11.6 Å². The van der Waals surface area contributed by atoms with Gasteiger partial charge < -0.3 is 4.90 Å². The second kappa shape index (κ2) is 16.0. The number of aryl methyl sites for hydroxylation is 1. The maximum absolute atomic E-state index is 15.8. The highest BCUT2D eigenvalue weighted by Crippen LogP contribution is 2.54. The number of nitrogens with zero attached hydrogens (tertiary/aromatic N) is 5. The van der Waals surface area contributed by atoms with Gasteiger partial charge in [-0.05, 0) is 74.9 Å².